The highest BCUT2D eigenvalue weighted by Gasteiger charge is 2.30. The number of pyridine rings is 1. The van der Waals surface area contributed by atoms with Gasteiger partial charge in [0.2, 0.25) is 5.91 Å². The molecule has 2 aliphatic heterocycles. The van der Waals surface area contributed by atoms with E-state index in [-0.39, 0.29) is 22.9 Å². The average Bonchev–Trinajstić information content (AvgIpc) is 2.76. The number of hydrogen-bond donors (Lipinski definition) is 1. The zero-order chi connectivity index (χ0) is 19.7. The molecule has 0 bridgehead atoms. The Hall–Kier alpha value is -2.85. The normalized spacial score (nSPS) is 18.3. The predicted molar refractivity (Wildman–Crippen MR) is 108 cm³/mol. The Morgan fingerprint density at radius 3 is 2.50 bits per heavy atom. The lowest BCUT2D eigenvalue weighted by Gasteiger charge is -2.39. The van der Waals surface area contributed by atoms with E-state index >= 15 is 0 Å². The van der Waals surface area contributed by atoms with Gasteiger partial charge in [-0.2, -0.15) is 5.26 Å². The van der Waals surface area contributed by atoms with E-state index in [9.17, 15) is 14.9 Å². The Bertz CT molecular complexity index is 992. The molecule has 2 aliphatic rings. The number of fused-ring (bicyclic) bond motifs is 1. The molecule has 2 aromatic rings. The molecule has 1 amide bonds. The van der Waals surface area contributed by atoms with E-state index in [0.29, 0.717) is 31.9 Å². The summed E-state index contributed by atoms with van der Waals surface area (Å²) in [5, 5.41) is 13.9. The minimum Gasteiger partial charge on any atom is -0.366 e. The SMILES string of the molecule is Cn1c(=O)c(C#N)c(N2CCN(C(=O)C3CCNCC3)CC2)c2ccccc21. The Labute approximate surface area is 164 Å². The maximum absolute atomic E-state index is 12.8. The van der Waals surface area contributed by atoms with Crippen LogP contribution in [0.1, 0.15) is 18.4 Å². The molecular formula is C21H25N5O2. The van der Waals surface area contributed by atoms with Crippen LogP contribution in [0.4, 0.5) is 5.69 Å². The maximum Gasteiger partial charge on any atom is 0.270 e. The number of para-hydroxylation sites is 1. The quantitative estimate of drug-likeness (QED) is 0.844. The summed E-state index contributed by atoms with van der Waals surface area (Å²) < 4.78 is 1.54. The molecular weight excluding hydrogens is 354 g/mol. The van der Waals surface area contributed by atoms with Crippen molar-refractivity contribution in [3.05, 3.63) is 40.2 Å². The van der Waals surface area contributed by atoms with Gasteiger partial charge in [-0.1, -0.05) is 18.2 Å². The summed E-state index contributed by atoms with van der Waals surface area (Å²) >= 11 is 0. The number of carbonyl (C=O) groups excluding carboxylic acids is 1. The van der Waals surface area contributed by atoms with Crippen molar-refractivity contribution in [1.82, 2.24) is 14.8 Å². The minimum atomic E-state index is -0.274. The lowest BCUT2D eigenvalue weighted by atomic mass is 9.96. The summed E-state index contributed by atoms with van der Waals surface area (Å²) in [5.41, 5.74) is 1.42. The second kappa shape index (κ2) is 7.64. The molecule has 7 nitrogen and oxygen atoms in total. The molecule has 0 atom stereocenters. The Kier molecular flexibility index (Phi) is 5.05. The fourth-order valence-electron chi connectivity index (χ4n) is 4.39. The first-order valence-corrected chi connectivity index (χ1v) is 9.88. The molecule has 1 N–H and O–H groups in total. The van der Waals surface area contributed by atoms with Crippen LogP contribution >= 0.6 is 0 Å². The Morgan fingerprint density at radius 1 is 1.14 bits per heavy atom. The highest BCUT2D eigenvalue weighted by atomic mass is 16.2. The summed E-state index contributed by atoms with van der Waals surface area (Å²) in [7, 11) is 1.70. The van der Waals surface area contributed by atoms with Gasteiger partial charge >= 0.3 is 0 Å². The number of carbonyl (C=O) groups is 1. The molecule has 1 aromatic heterocycles. The van der Waals surface area contributed by atoms with Crippen LogP contribution in [-0.4, -0.2) is 54.6 Å². The molecule has 0 unspecified atom stereocenters. The van der Waals surface area contributed by atoms with Gasteiger partial charge in [-0.15, -0.1) is 0 Å². The summed E-state index contributed by atoms with van der Waals surface area (Å²) in [4.78, 5) is 29.5. The zero-order valence-electron chi connectivity index (χ0n) is 16.1. The zero-order valence-corrected chi connectivity index (χ0v) is 16.1. The van der Waals surface area contributed by atoms with Crippen LogP contribution in [0, 0.1) is 17.2 Å². The second-order valence-electron chi connectivity index (χ2n) is 7.55. The van der Waals surface area contributed by atoms with Crippen LogP contribution in [0.2, 0.25) is 0 Å². The van der Waals surface area contributed by atoms with Crippen molar-refractivity contribution in [3.8, 4) is 6.07 Å². The van der Waals surface area contributed by atoms with Gasteiger partial charge in [0, 0.05) is 44.5 Å². The summed E-state index contributed by atoms with van der Waals surface area (Å²) in [5.74, 6) is 0.364. The standard InChI is InChI=1S/C21H25N5O2/c1-24-18-5-3-2-4-16(18)19(17(14-22)21(24)28)25-10-12-26(13-11-25)20(27)15-6-8-23-9-7-15/h2-5,15,23H,6-13H2,1H3. The van der Waals surface area contributed by atoms with Crippen LogP contribution < -0.4 is 15.8 Å². The van der Waals surface area contributed by atoms with Crippen LogP contribution in [-0.2, 0) is 11.8 Å². The third kappa shape index (κ3) is 3.14. The van der Waals surface area contributed by atoms with Crippen LogP contribution in [0.25, 0.3) is 10.9 Å². The van der Waals surface area contributed by atoms with Crippen molar-refractivity contribution in [2.24, 2.45) is 13.0 Å². The summed E-state index contributed by atoms with van der Waals surface area (Å²) in [6, 6.07) is 9.80. The summed E-state index contributed by atoms with van der Waals surface area (Å²) in [6.07, 6.45) is 1.80. The number of nitriles is 1. The van der Waals surface area contributed by atoms with Gasteiger partial charge in [0.15, 0.2) is 0 Å². The smallest absolute Gasteiger partial charge is 0.270 e. The lowest BCUT2D eigenvalue weighted by molar-refractivity contribution is -0.136. The molecule has 2 fully saturated rings. The number of hydrogen-bond acceptors (Lipinski definition) is 5. The average molecular weight is 379 g/mol. The molecule has 28 heavy (non-hydrogen) atoms. The van der Waals surface area contributed by atoms with E-state index in [1.807, 2.05) is 29.2 Å². The van der Waals surface area contributed by atoms with Crippen molar-refractivity contribution in [1.29, 1.82) is 5.26 Å². The van der Waals surface area contributed by atoms with Gasteiger partial charge in [-0.3, -0.25) is 9.59 Å². The number of piperazine rings is 1. The fraction of sp³-hybridized carbons (Fsp3) is 0.476. The Morgan fingerprint density at radius 2 is 1.82 bits per heavy atom. The van der Waals surface area contributed by atoms with E-state index in [0.717, 1.165) is 36.8 Å². The number of nitrogens with zero attached hydrogens (tertiary/aromatic N) is 4. The maximum atomic E-state index is 12.8. The van der Waals surface area contributed by atoms with Gasteiger partial charge in [0.25, 0.3) is 5.56 Å². The minimum absolute atomic E-state index is 0.118. The Balaban J connectivity index is 1.61. The highest BCUT2D eigenvalue weighted by molar-refractivity contribution is 5.95. The van der Waals surface area contributed by atoms with Crippen molar-refractivity contribution >= 4 is 22.5 Å². The molecule has 1 aromatic carbocycles. The van der Waals surface area contributed by atoms with Crippen molar-refractivity contribution in [2.75, 3.05) is 44.2 Å². The number of amides is 1. The van der Waals surface area contributed by atoms with Gasteiger partial charge in [0.05, 0.1) is 11.2 Å². The second-order valence-corrected chi connectivity index (χ2v) is 7.55. The lowest BCUT2D eigenvalue weighted by Crippen LogP contribution is -2.52. The first-order chi connectivity index (χ1) is 13.6. The van der Waals surface area contributed by atoms with Crippen LogP contribution in [0.15, 0.2) is 29.1 Å². The van der Waals surface area contributed by atoms with Crippen molar-refractivity contribution in [3.63, 3.8) is 0 Å². The largest absolute Gasteiger partial charge is 0.366 e. The van der Waals surface area contributed by atoms with E-state index < -0.39 is 0 Å². The first kappa shape index (κ1) is 18.5. The third-order valence-electron chi connectivity index (χ3n) is 5.98. The number of rotatable bonds is 2. The van der Waals surface area contributed by atoms with E-state index in [1.54, 1.807) is 7.05 Å². The summed E-state index contributed by atoms with van der Waals surface area (Å²) in [6.45, 7) is 4.31. The highest BCUT2D eigenvalue weighted by Crippen LogP contribution is 2.29. The molecule has 0 aliphatic carbocycles. The molecule has 0 saturated carbocycles. The number of piperidine rings is 1. The topological polar surface area (TPSA) is 81.4 Å². The number of benzene rings is 1. The number of anilines is 1. The first-order valence-electron chi connectivity index (χ1n) is 9.88. The van der Waals surface area contributed by atoms with Crippen LogP contribution in [0.3, 0.4) is 0 Å². The molecule has 0 radical (unpaired) electrons. The molecule has 146 valence electrons. The van der Waals surface area contributed by atoms with E-state index in [4.69, 9.17) is 0 Å². The van der Waals surface area contributed by atoms with Gasteiger partial charge < -0.3 is 19.7 Å². The van der Waals surface area contributed by atoms with Gasteiger partial charge in [0.1, 0.15) is 11.6 Å². The number of aryl methyl sites for hydroxylation is 1. The van der Waals surface area contributed by atoms with Crippen LogP contribution in [0.5, 0.6) is 0 Å². The van der Waals surface area contributed by atoms with E-state index in [2.05, 4.69) is 16.3 Å². The van der Waals surface area contributed by atoms with E-state index in [1.165, 1.54) is 4.57 Å². The van der Waals surface area contributed by atoms with Crippen molar-refractivity contribution in [2.45, 2.75) is 12.8 Å². The molecule has 7 heteroatoms. The predicted octanol–water partition coefficient (Wildman–Crippen LogP) is 1.06. The molecule has 4 rings (SSSR count). The fourth-order valence-corrected chi connectivity index (χ4v) is 4.39. The molecule has 3 heterocycles. The van der Waals surface area contributed by atoms with Crippen molar-refractivity contribution < 1.29 is 4.79 Å². The number of aromatic nitrogens is 1. The van der Waals surface area contributed by atoms with Gasteiger partial charge in [-0.25, -0.2) is 0 Å². The molecule has 0 spiro atoms. The monoisotopic (exact) mass is 379 g/mol. The number of nitrogens with one attached hydrogen (secondary N) is 1. The molecule has 2 saturated heterocycles. The van der Waals surface area contributed by atoms with Gasteiger partial charge in [-0.05, 0) is 32.0 Å². The third-order valence-corrected chi connectivity index (χ3v) is 5.98.